The fourth-order valence-electron chi connectivity index (χ4n) is 2.77. The maximum Gasteiger partial charge on any atom is 0.228 e. The van der Waals surface area contributed by atoms with E-state index in [2.05, 4.69) is 10.3 Å². The number of halogens is 2. The molecule has 3 aromatic rings. The number of aromatic nitrogens is 1. The first-order valence-electron chi connectivity index (χ1n) is 7.55. The van der Waals surface area contributed by atoms with Crippen LogP contribution in [0.4, 0.5) is 14.5 Å². The number of rotatable bonds is 3. The zero-order chi connectivity index (χ0) is 17.3. The SMILES string of the molecule is Cc1nc2ccccc2c(C)c1CC(=O)Nc1ccc(F)c(F)c1. The van der Waals surface area contributed by atoms with Crippen molar-refractivity contribution in [3.63, 3.8) is 0 Å². The molecule has 3 nitrogen and oxygen atoms in total. The molecule has 3 rings (SSSR count). The summed E-state index contributed by atoms with van der Waals surface area (Å²) in [7, 11) is 0. The third-order valence-corrected chi connectivity index (χ3v) is 4.03. The van der Waals surface area contributed by atoms with Crippen LogP contribution in [0.25, 0.3) is 10.9 Å². The number of nitrogens with zero attached hydrogens (tertiary/aromatic N) is 1. The topological polar surface area (TPSA) is 42.0 Å². The molecule has 1 heterocycles. The van der Waals surface area contributed by atoms with E-state index < -0.39 is 11.6 Å². The quantitative estimate of drug-likeness (QED) is 0.779. The Morgan fingerprint density at radius 3 is 2.58 bits per heavy atom. The number of anilines is 1. The minimum absolute atomic E-state index is 0.120. The zero-order valence-electron chi connectivity index (χ0n) is 13.4. The standard InChI is InChI=1S/C19H16F2N2O/c1-11-14-5-3-4-6-18(14)22-12(2)15(11)10-19(24)23-13-7-8-16(20)17(21)9-13/h3-9H,10H2,1-2H3,(H,23,24). The Bertz CT molecular complexity index is 938. The Morgan fingerprint density at radius 1 is 1.08 bits per heavy atom. The highest BCUT2D eigenvalue weighted by Gasteiger charge is 2.13. The summed E-state index contributed by atoms with van der Waals surface area (Å²) in [5.74, 6) is -2.24. The van der Waals surface area contributed by atoms with Crippen LogP contribution in [0.15, 0.2) is 42.5 Å². The molecular weight excluding hydrogens is 310 g/mol. The van der Waals surface area contributed by atoms with Gasteiger partial charge in [-0.25, -0.2) is 8.78 Å². The lowest BCUT2D eigenvalue weighted by Gasteiger charge is -2.12. The number of aryl methyl sites for hydroxylation is 2. The first-order chi connectivity index (χ1) is 11.5. The third-order valence-electron chi connectivity index (χ3n) is 4.03. The Kier molecular flexibility index (Phi) is 4.25. The summed E-state index contributed by atoms with van der Waals surface area (Å²) >= 11 is 0. The first-order valence-corrected chi connectivity index (χ1v) is 7.55. The van der Waals surface area contributed by atoms with Crippen molar-refractivity contribution in [1.82, 2.24) is 4.98 Å². The number of carbonyl (C=O) groups is 1. The molecule has 122 valence electrons. The number of amides is 1. The molecule has 0 atom stereocenters. The van der Waals surface area contributed by atoms with Gasteiger partial charge in [0.25, 0.3) is 0 Å². The lowest BCUT2D eigenvalue weighted by atomic mass is 9.99. The van der Waals surface area contributed by atoms with E-state index in [1.54, 1.807) is 0 Å². The van der Waals surface area contributed by atoms with E-state index in [-0.39, 0.29) is 18.0 Å². The molecule has 24 heavy (non-hydrogen) atoms. The minimum atomic E-state index is -0.993. The second kappa shape index (κ2) is 6.35. The van der Waals surface area contributed by atoms with Crippen molar-refractivity contribution < 1.29 is 13.6 Å². The van der Waals surface area contributed by atoms with Crippen LogP contribution >= 0.6 is 0 Å². The zero-order valence-corrected chi connectivity index (χ0v) is 13.4. The largest absolute Gasteiger partial charge is 0.326 e. The average molecular weight is 326 g/mol. The van der Waals surface area contributed by atoms with Gasteiger partial charge in [-0.05, 0) is 43.2 Å². The van der Waals surface area contributed by atoms with Crippen molar-refractivity contribution in [1.29, 1.82) is 0 Å². The van der Waals surface area contributed by atoms with Crippen molar-refractivity contribution >= 4 is 22.5 Å². The first kappa shape index (κ1) is 16.1. The van der Waals surface area contributed by atoms with Gasteiger partial charge in [-0.1, -0.05) is 18.2 Å². The van der Waals surface area contributed by atoms with E-state index in [1.165, 1.54) is 6.07 Å². The molecule has 0 radical (unpaired) electrons. The lowest BCUT2D eigenvalue weighted by Crippen LogP contribution is -2.16. The Hall–Kier alpha value is -2.82. The van der Waals surface area contributed by atoms with Crippen LogP contribution in [-0.4, -0.2) is 10.9 Å². The smallest absolute Gasteiger partial charge is 0.228 e. The second-order valence-electron chi connectivity index (χ2n) is 5.67. The fourth-order valence-corrected chi connectivity index (χ4v) is 2.77. The van der Waals surface area contributed by atoms with Gasteiger partial charge in [-0.2, -0.15) is 0 Å². The maximum atomic E-state index is 13.2. The van der Waals surface area contributed by atoms with Gasteiger partial charge >= 0.3 is 0 Å². The van der Waals surface area contributed by atoms with E-state index in [4.69, 9.17) is 0 Å². The molecule has 0 spiro atoms. The van der Waals surface area contributed by atoms with E-state index in [0.29, 0.717) is 0 Å². The summed E-state index contributed by atoms with van der Waals surface area (Å²) in [4.78, 5) is 16.8. The van der Waals surface area contributed by atoms with Gasteiger partial charge < -0.3 is 5.32 Å². The van der Waals surface area contributed by atoms with Crippen molar-refractivity contribution in [2.75, 3.05) is 5.32 Å². The van der Waals surface area contributed by atoms with Gasteiger partial charge in [0.1, 0.15) is 0 Å². The van der Waals surface area contributed by atoms with Gasteiger partial charge in [-0.3, -0.25) is 9.78 Å². The number of benzene rings is 2. The van der Waals surface area contributed by atoms with E-state index in [9.17, 15) is 13.6 Å². The summed E-state index contributed by atoms with van der Waals surface area (Å²) in [5.41, 5.74) is 3.74. The molecule has 1 amide bonds. The normalized spacial score (nSPS) is 10.8. The summed E-state index contributed by atoms with van der Waals surface area (Å²) in [6.45, 7) is 3.82. The maximum absolute atomic E-state index is 13.2. The molecule has 0 fully saturated rings. The number of carbonyl (C=O) groups excluding carboxylic acids is 1. The van der Waals surface area contributed by atoms with Gasteiger partial charge in [-0.15, -0.1) is 0 Å². The predicted molar refractivity (Wildman–Crippen MR) is 89.9 cm³/mol. The van der Waals surface area contributed by atoms with Gasteiger partial charge in [0.2, 0.25) is 5.91 Å². The summed E-state index contributed by atoms with van der Waals surface area (Å²) < 4.78 is 26.2. The monoisotopic (exact) mass is 326 g/mol. The molecule has 0 aliphatic rings. The van der Waals surface area contributed by atoms with Crippen LogP contribution < -0.4 is 5.32 Å². The highest BCUT2D eigenvalue weighted by molar-refractivity contribution is 5.94. The Labute approximate surface area is 138 Å². The number of fused-ring (bicyclic) bond motifs is 1. The molecule has 0 bridgehead atoms. The van der Waals surface area contributed by atoms with Crippen molar-refractivity contribution in [2.45, 2.75) is 20.3 Å². The lowest BCUT2D eigenvalue weighted by molar-refractivity contribution is -0.115. The molecule has 0 unspecified atom stereocenters. The van der Waals surface area contributed by atoms with Crippen molar-refractivity contribution in [2.24, 2.45) is 0 Å². The highest BCUT2D eigenvalue weighted by atomic mass is 19.2. The van der Waals surface area contributed by atoms with E-state index in [0.717, 1.165) is 39.9 Å². The highest BCUT2D eigenvalue weighted by Crippen LogP contribution is 2.23. The van der Waals surface area contributed by atoms with Crippen LogP contribution in [-0.2, 0) is 11.2 Å². The number of para-hydroxylation sites is 1. The van der Waals surface area contributed by atoms with Crippen LogP contribution in [0.2, 0.25) is 0 Å². The fraction of sp³-hybridized carbons (Fsp3) is 0.158. The molecule has 0 saturated heterocycles. The molecule has 5 heteroatoms. The van der Waals surface area contributed by atoms with Crippen LogP contribution in [0.1, 0.15) is 16.8 Å². The summed E-state index contributed by atoms with van der Waals surface area (Å²) in [6.07, 6.45) is 0.120. The molecule has 1 aromatic heterocycles. The van der Waals surface area contributed by atoms with Gasteiger partial charge in [0.15, 0.2) is 11.6 Å². The van der Waals surface area contributed by atoms with E-state index in [1.807, 2.05) is 38.1 Å². The van der Waals surface area contributed by atoms with E-state index >= 15 is 0 Å². The molecule has 0 aliphatic heterocycles. The molecular formula is C19H16F2N2O. The average Bonchev–Trinajstić information content (AvgIpc) is 2.55. The van der Waals surface area contributed by atoms with Crippen molar-refractivity contribution in [3.8, 4) is 0 Å². The Balaban J connectivity index is 1.86. The molecule has 1 N–H and O–H groups in total. The Morgan fingerprint density at radius 2 is 1.83 bits per heavy atom. The third kappa shape index (κ3) is 3.11. The number of hydrogen-bond acceptors (Lipinski definition) is 2. The van der Waals surface area contributed by atoms with Gasteiger partial charge in [0, 0.05) is 22.8 Å². The minimum Gasteiger partial charge on any atom is -0.326 e. The summed E-state index contributed by atoms with van der Waals surface area (Å²) in [5, 5.41) is 3.59. The summed E-state index contributed by atoms with van der Waals surface area (Å²) in [6, 6.07) is 11.0. The van der Waals surface area contributed by atoms with Crippen LogP contribution in [0.5, 0.6) is 0 Å². The van der Waals surface area contributed by atoms with Crippen LogP contribution in [0.3, 0.4) is 0 Å². The number of hydrogen-bond donors (Lipinski definition) is 1. The number of nitrogens with one attached hydrogen (secondary N) is 1. The van der Waals surface area contributed by atoms with Crippen LogP contribution in [0, 0.1) is 25.5 Å². The molecule has 0 saturated carbocycles. The van der Waals surface area contributed by atoms with Gasteiger partial charge in [0.05, 0.1) is 11.9 Å². The van der Waals surface area contributed by atoms with Crippen molar-refractivity contribution in [3.05, 3.63) is 70.9 Å². The second-order valence-corrected chi connectivity index (χ2v) is 5.67. The number of pyridine rings is 1. The predicted octanol–water partition coefficient (Wildman–Crippen LogP) is 4.31. The molecule has 0 aliphatic carbocycles. The molecule has 2 aromatic carbocycles.